The number of rotatable bonds is 4. The number of aromatic nitrogens is 2. The van der Waals surface area contributed by atoms with Crippen LogP contribution in [0.2, 0.25) is 0 Å². The van der Waals surface area contributed by atoms with Gasteiger partial charge in [0.2, 0.25) is 0 Å². The molecule has 4 nitrogen and oxygen atoms in total. The predicted molar refractivity (Wildman–Crippen MR) is 100 cm³/mol. The fraction of sp³-hybridized carbons (Fsp3) is 0.0500. The first-order valence-corrected chi connectivity index (χ1v) is 8.78. The summed E-state index contributed by atoms with van der Waals surface area (Å²) in [6, 6.07) is 22.0. The summed E-state index contributed by atoms with van der Waals surface area (Å²) < 4.78 is 3.81. The Morgan fingerprint density at radius 2 is 1.68 bits per heavy atom. The van der Waals surface area contributed by atoms with Crippen LogP contribution in [0.3, 0.4) is 0 Å². The van der Waals surface area contributed by atoms with E-state index >= 15 is 0 Å². The molecule has 0 radical (unpaired) electrons. The zero-order valence-electron chi connectivity index (χ0n) is 13.3. The molecule has 0 aliphatic heterocycles. The molecular formula is C20H15N3OS. The summed E-state index contributed by atoms with van der Waals surface area (Å²) >= 11 is 1.28. The lowest BCUT2D eigenvalue weighted by atomic mass is 9.94. The average Bonchev–Trinajstić information content (AvgIpc) is 3.19. The number of hydrogen-bond acceptors (Lipinski definition) is 4. The van der Waals surface area contributed by atoms with Crippen molar-refractivity contribution in [2.24, 2.45) is 0 Å². The molecule has 0 bridgehead atoms. The maximum atomic E-state index is 12.7. The summed E-state index contributed by atoms with van der Waals surface area (Å²) in [5, 5.41) is 11.0. The summed E-state index contributed by atoms with van der Waals surface area (Å²) in [7, 11) is 0. The molecule has 0 unspecified atom stereocenters. The minimum absolute atomic E-state index is 0.114. The van der Waals surface area contributed by atoms with Crippen LogP contribution in [0.15, 0.2) is 72.1 Å². The van der Waals surface area contributed by atoms with Gasteiger partial charge in [-0.15, -0.1) is 5.10 Å². The van der Waals surface area contributed by atoms with Crippen molar-refractivity contribution in [3.63, 3.8) is 0 Å². The van der Waals surface area contributed by atoms with E-state index in [2.05, 4.69) is 39.2 Å². The van der Waals surface area contributed by atoms with Gasteiger partial charge in [0, 0.05) is 10.9 Å². The Bertz CT molecular complexity index is 1020. The molecule has 122 valence electrons. The maximum absolute atomic E-state index is 12.7. The molecule has 4 aromatic rings. The second-order valence-electron chi connectivity index (χ2n) is 5.65. The smallest absolute Gasteiger partial charge is 0.252 e. The second kappa shape index (κ2) is 6.83. The highest BCUT2D eigenvalue weighted by molar-refractivity contribution is 7.03. The molecule has 0 fully saturated rings. The van der Waals surface area contributed by atoms with Crippen molar-refractivity contribution >= 4 is 28.2 Å². The fourth-order valence-electron chi connectivity index (χ4n) is 2.90. The normalized spacial score (nSPS) is 10.7. The van der Waals surface area contributed by atoms with Crippen LogP contribution in [0.1, 0.15) is 16.1 Å². The fourth-order valence-corrected chi connectivity index (χ4v) is 3.35. The predicted octanol–water partition coefficient (Wildman–Crippen LogP) is 4.29. The van der Waals surface area contributed by atoms with Crippen LogP contribution in [0.5, 0.6) is 0 Å². The van der Waals surface area contributed by atoms with E-state index in [0.717, 1.165) is 27.6 Å². The zero-order valence-corrected chi connectivity index (χ0v) is 14.2. The number of nitrogens with one attached hydrogen (secondary N) is 1. The molecule has 5 heteroatoms. The van der Waals surface area contributed by atoms with Gasteiger partial charge in [-0.3, -0.25) is 4.79 Å². The Morgan fingerprint density at radius 3 is 2.56 bits per heavy atom. The van der Waals surface area contributed by atoms with Gasteiger partial charge in [0.05, 0.1) is 12.2 Å². The summed E-state index contributed by atoms with van der Waals surface area (Å²) in [5.74, 6) is -0.114. The van der Waals surface area contributed by atoms with Gasteiger partial charge in [0.15, 0.2) is 0 Å². The van der Waals surface area contributed by atoms with Crippen LogP contribution in [0.4, 0.5) is 0 Å². The largest absolute Gasteiger partial charge is 0.346 e. The van der Waals surface area contributed by atoms with Gasteiger partial charge in [-0.25, -0.2) is 0 Å². The van der Waals surface area contributed by atoms with E-state index in [1.807, 2.05) is 47.8 Å². The topological polar surface area (TPSA) is 54.9 Å². The Hall–Kier alpha value is -3.05. The Balaban J connectivity index is 1.72. The zero-order chi connectivity index (χ0) is 17.1. The summed E-state index contributed by atoms with van der Waals surface area (Å²) in [6.07, 6.45) is 0. The molecule has 0 atom stereocenters. The molecular weight excluding hydrogens is 330 g/mol. The van der Waals surface area contributed by atoms with E-state index in [0.29, 0.717) is 12.1 Å². The van der Waals surface area contributed by atoms with Crippen molar-refractivity contribution in [2.75, 3.05) is 0 Å². The highest BCUT2D eigenvalue weighted by Crippen LogP contribution is 2.31. The molecule has 1 aromatic heterocycles. The first-order valence-electron chi connectivity index (χ1n) is 7.94. The van der Waals surface area contributed by atoms with E-state index in [9.17, 15) is 4.79 Å². The lowest BCUT2D eigenvalue weighted by molar-refractivity contribution is 0.0951. The Kier molecular flexibility index (Phi) is 4.23. The van der Waals surface area contributed by atoms with E-state index in [1.165, 1.54) is 11.5 Å². The van der Waals surface area contributed by atoms with E-state index in [1.54, 1.807) is 0 Å². The highest BCUT2D eigenvalue weighted by atomic mass is 32.1. The van der Waals surface area contributed by atoms with E-state index in [-0.39, 0.29) is 5.91 Å². The molecule has 1 amide bonds. The van der Waals surface area contributed by atoms with Crippen molar-refractivity contribution < 1.29 is 4.79 Å². The minimum Gasteiger partial charge on any atom is -0.346 e. The number of carbonyl (C=O) groups excluding carboxylic acids is 1. The van der Waals surface area contributed by atoms with Gasteiger partial charge in [0.25, 0.3) is 5.91 Å². The van der Waals surface area contributed by atoms with Crippen molar-refractivity contribution in [1.29, 1.82) is 0 Å². The number of carbonyl (C=O) groups is 1. The number of hydrogen-bond donors (Lipinski definition) is 1. The lowest BCUT2D eigenvalue weighted by Crippen LogP contribution is -2.23. The molecule has 1 heterocycles. The second-order valence-corrected chi connectivity index (χ2v) is 6.26. The van der Waals surface area contributed by atoms with Gasteiger partial charge in [-0.1, -0.05) is 65.2 Å². The molecule has 0 saturated carbocycles. The van der Waals surface area contributed by atoms with Crippen LogP contribution in [0.25, 0.3) is 21.9 Å². The third-order valence-corrected chi connectivity index (χ3v) is 4.64. The number of fused-ring (bicyclic) bond motifs is 1. The van der Waals surface area contributed by atoms with Crippen molar-refractivity contribution in [2.45, 2.75) is 6.54 Å². The number of nitrogens with zero attached hydrogens (tertiary/aromatic N) is 2. The molecule has 0 aliphatic carbocycles. The quantitative estimate of drug-likeness (QED) is 0.600. The lowest BCUT2D eigenvalue weighted by Gasteiger charge is -2.12. The molecule has 1 N–H and O–H groups in total. The van der Waals surface area contributed by atoms with E-state index < -0.39 is 0 Å². The molecule has 25 heavy (non-hydrogen) atoms. The van der Waals surface area contributed by atoms with Crippen molar-refractivity contribution in [3.05, 3.63) is 83.4 Å². The van der Waals surface area contributed by atoms with Gasteiger partial charge in [-0.05, 0) is 39.5 Å². The van der Waals surface area contributed by atoms with Crippen molar-refractivity contribution in [3.8, 4) is 11.1 Å². The summed E-state index contributed by atoms with van der Waals surface area (Å²) in [6.45, 7) is 0.374. The molecule has 0 saturated heterocycles. The van der Waals surface area contributed by atoms with Crippen molar-refractivity contribution in [1.82, 2.24) is 14.9 Å². The van der Waals surface area contributed by atoms with Gasteiger partial charge in [-0.2, -0.15) is 0 Å². The third kappa shape index (κ3) is 3.14. The third-order valence-electron chi connectivity index (χ3n) is 4.09. The van der Waals surface area contributed by atoms with Crippen LogP contribution >= 0.6 is 11.5 Å². The summed E-state index contributed by atoms with van der Waals surface area (Å²) in [5.41, 5.74) is 3.40. The highest BCUT2D eigenvalue weighted by Gasteiger charge is 2.14. The average molecular weight is 345 g/mol. The first kappa shape index (κ1) is 15.5. The maximum Gasteiger partial charge on any atom is 0.252 e. The van der Waals surface area contributed by atoms with Crippen LogP contribution < -0.4 is 5.32 Å². The molecule has 3 aromatic carbocycles. The van der Waals surface area contributed by atoms with Gasteiger partial charge >= 0.3 is 0 Å². The van der Waals surface area contributed by atoms with Crippen LogP contribution in [-0.2, 0) is 6.54 Å². The SMILES string of the molecule is O=C(NCc1csnn1)c1ccccc1-c1cccc2ccccc12. The van der Waals surface area contributed by atoms with Crippen LogP contribution in [-0.4, -0.2) is 15.5 Å². The molecule has 0 spiro atoms. The molecule has 0 aliphatic rings. The molecule has 4 rings (SSSR count). The monoisotopic (exact) mass is 345 g/mol. The standard InChI is InChI=1S/C20H15N3OS/c24-20(21-12-15-13-25-23-22-15)19-10-4-3-9-18(19)17-11-5-7-14-6-1-2-8-16(14)17/h1-11,13H,12H2,(H,21,24). The minimum atomic E-state index is -0.114. The van der Waals surface area contributed by atoms with Crippen LogP contribution in [0, 0.1) is 0 Å². The number of benzene rings is 3. The van der Waals surface area contributed by atoms with Gasteiger partial charge in [0.1, 0.15) is 0 Å². The number of amides is 1. The van der Waals surface area contributed by atoms with Gasteiger partial charge < -0.3 is 5.32 Å². The summed E-state index contributed by atoms with van der Waals surface area (Å²) in [4.78, 5) is 12.7. The first-order chi connectivity index (χ1) is 12.3. The Morgan fingerprint density at radius 1 is 0.920 bits per heavy atom. The Labute approximate surface area is 149 Å². The van der Waals surface area contributed by atoms with E-state index in [4.69, 9.17) is 0 Å².